The van der Waals surface area contributed by atoms with Crippen molar-refractivity contribution in [1.82, 2.24) is 24.8 Å². The summed E-state index contributed by atoms with van der Waals surface area (Å²) in [6.07, 6.45) is 5.51. The van der Waals surface area contributed by atoms with E-state index in [0.29, 0.717) is 95.1 Å². The van der Waals surface area contributed by atoms with Crippen LogP contribution in [0.5, 0.6) is 11.6 Å². The standard InChI is InChI=1S/C41H42FN5O9/c1-26-3-9-35(39(48)45-26)47-40(49)31-8-6-29(22-32(31)41(47)50)55-19-17-53-15-13-51-11-12-52-14-16-54-18-20-56-37-10-5-28(23-44-37)27-4-7-30-33-24-43-25-34(42)38(33)46(2)36(30)21-27/h4-8,10,21-25,35H,1,3,9,11-20H2,2H3,(H,45,48). The highest BCUT2D eigenvalue weighted by Crippen LogP contribution is 2.33. The van der Waals surface area contributed by atoms with Gasteiger partial charge in [0.15, 0.2) is 5.82 Å². The van der Waals surface area contributed by atoms with Gasteiger partial charge < -0.3 is 38.3 Å². The molecule has 0 saturated carbocycles. The number of ether oxygens (including phenoxy) is 6. The SMILES string of the molecule is C=C1CCC(N2C(=O)c3ccc(OCCOCCOCCOCCOCCOc4ccc(-c5ccc6c7cncc(F)c7n(C)c6c5)cn4)cc3C2=O)C(=O)N1. The second-order valence-electron chi connectivity index (χ2n) is 13.2. The number of benzene rings is 2. The van der Waals surface area contributed by atoms with Crippen molar-refractivity contribution in [3.8, 4) is 22.8 Å². The number of aromatic nitrogens is 3. The van der Waals surface area contributed by atoms with E-state index in [1.165, 1.54) is 12.3 Å². The van der Waals surface area contributed by atoms with Crippen molar-refractivity contribution in [2.75, 3.05) is 66.1 Å². The van der Waals surface area contributed by atoms with Crippen molar-refractivity contribution in [3.63, 3.8) is 0 Å². The van der Waals surface area contributed by atoms with Crippen LogP contribution in [-0.2, 0) is 30.8 Å². The normalized spacial score (nSPS) is 15.5. The summed E-state index contributed by atoms with van der Waals surface area (Å²) >= 11 is 0. The second-order valence-corrected chi connectivity index (χ2v) is 13.2. The Hall–Kier alpha value is -5.74. The number of halogens is 1. The van der Waals surface area contributed by atoms with Crippen LogP contribution in [0.2, 0.25) is 0 Å². The third-order valence-electron chi connectivity index (χ3n) is 9.54. The van der Waals surface area contributed by atoms with E-state index in [9.17, 15) is 18.8 Å². The molecule has 0 aliphatic carbocycles. The van der Waals surface area contributed by atoms with Crippen molar-refractivity contribution in [1.29, 1.82) is 0 Å². The topological polar surface area (TPSA) is 153 Å². The van der Waals surface area contributed by atoms with Crippen LogP contribution in [0.1, 0.15) is 33.6 Å². The van der Waals surface area contributed by atoms with E-state index in [2.05, 4.69) is 21.9 Å². The molecule has 292 valence electrons. The Morgan fingerprint density at radius 2 is 1.41 bits per heavy atom. The van der Waals surface area contributed by atoms with Gasteiger partial charge in [-0.15, -0.1) is 0 Å². The van der Waals surface area contributed by atoms with Crippen molar-refractivity contribution in [2.45, 2.75) is 18.9 Å². The molecule has 1 unspecified atom stereocenters. The maximum atomic E-state index is 14.4. The fourth-order valence-corrected chi connectivity index (χ4v) is 6.74. The maximum Gasteiger partial charge on any atom is 0.262 e. The lowest BCUT2D eigenvalue weighted by Crippen LogP contribution is -2.51. The van der Waals surface area contributed by atoms with Crippen molar-refractivity contribution >= 4 is 39.5 Å². The highest BCUT2D eigenvalue weighted by atomic mass is 19.1. The van der Waals surface area contributed by atoms with E-state index in [1.807, 2.05) is 41.9 Å². The lowest BCUT2D eigenvalue weighted by molar-refractivity contribution is -0.125. The summed E-state index contributed by atoms with van der Waals surface area (Å²) in [6, 6.07) is 13.6. The smallest absolute Gasteiger partial charge is 0.262 e. The van der Waals surface area contributed by atoms with Gasteiger partial charge in [0.25, 0.3) is 11.8 Å². The minimum Gasteiger partial charge on any atom is -0.491 e. The summed E-state index contributed by atoms with van der Waals surface area (Å²) in [7, 11) is 1.85. The molecule has 15 heteroatoms. The summed E-state index contributed by atoms with van der Waals surface area (Å²) in [6.45, 7) is 7.42. The molecule has 2 aliphatic heterocycles. The maximum absolute atomic E-state index is 14.4. The van der Waals surface area contributed by atoms with Crippen LogP contribution in [-0.4, -0.2) is 109 Å². The first kappa shape index (κ1) is 38.5. The summed E-state index contributed by atoms with van der Waals surface area (Å²) in [4.78, 5) is 47.7. The zero-order valence-corrected chi connectivity index (χ0v) is 31.0. The molecule has 1 fully saturated rings. The molecule has 14 nitrogen and oxygen atoms in total. The van der Waals surface area contributed by atoms with E-state index in [4.69, 9.17) is 28.4 Å². The number of aryl methyl sites for hydroxylation is 1. The lowest BCUT2D eigenvalue weighted by Gasteiger charge is -2.29. The lowest BCUT2D eigenvalue weighted by atomic mass is 10.0. The van der Waals surface area contributed by atoms with Gasteiger partial charge in [-0.2, -0.15) is 0 Å². The van der Waals surface area contributed by atoms with Gasteiger partial charge in [0.05, 0.1) is 75.7 Å². The molecule has 0 radical (unpaired) electrons. The number of carbonyl (C=O) groups excluding carboxylic acids is 3. The minimum absolute atomic E-state index is 0.213. The molecule has 7 rings (SSSR count). The third-order valence-corrected chi connectivity index (χ3v) is 9.54. The number of fused-ring (bicyclic) bond motifs is 4. The van der Waals surface area contributed by atoms with Gasteiger partial charge in [0, 0.05) is 53.1 Å². The Morgan fingerprint density at radius 3 is 2.09 bits per heavy atom. The molecule has 2 aliphatic rings. The van der Waals surface area contributed by atoms with Crippen molar-refractivity contribution < 1.29 is 47.2 Å². The number of imide groups is 1. The first-order valence-corrected chi connectivity index (χ1v) is 18.4. The zero-order valence-electron chi connectivity index (χ0n) is 31.0. The molecule has 1 saturated heterocycles. The number of allylic oxidation sites excluding steroid dienone is 1. The quantitative estimate of drug-likeness (QED) is 0.0908. The van der Waals surface area contributed by atoms with Gasteiger partial charge in [0.1, 0.15) is 25.0 Å². The molecule has 56 heavy (non-hydrogen) atoms. The highest BCUT2D eigenvalue weighted by molar-refractivity contribution is 6.23. The first-order chi connectivity index (χ1) is 27.3. The molecule has 0 spiro atoms. The summed E-state index contributed by atoms with van der Waals surface area (Å²) < 4.78 is 49.9. The molecule has 5 heterocycles. The van der Waals surface area contributed by atoms with Crippen LogP contribution in [0.3, 0.4) is 0 Å². The van der Waals surface area contributed by atoms with E-state index in [-0.39, 0.29) is 23.6 Å². The van der Waals surface area contributed by atoms with E-state index >= 15 is 0 Å². The van der Waals surface area contributed by atoms with Crippen LogP contribution in [0.15, 0.2) is 79.4 Å². The molecule has 0 bridgehead atoms. The molecule has 2 aromatic carbocycles. The number of amides is 3. The highest BCUT2D eigenvalue weighted by Gasteiger charge is 2.44. The Balaban J connectivity index is 0.698. The van der Waals surface area contributed by atoms with Gasteiger partial charge in [-0.3, -0.25) is 24.3 Å². The van der Waals surface area contributed by atoms with Gasteiger partial charge in [-0.1, -0.05) is 18.7 Å². The van der Waals surface area contributed by atoms with Crippen molar-refractivity contribution in [2.24, 2.45) is 7.05 Å². The van der Waals surface area contributed by atoms with Gasteiger partial charge in [-0.25, -0.2) is 9.37 Å². The number of nitrogens with zero attached hydrogens (tertiary/aromatic N) is 4. The van der Waals surface area contributed by atoms with Crippen LogP contribution in [0.4, 0.5) is 4.39 Å². The predicted octanol–water partition coefficient (Wildman–Crippen LogP) is 4.84. The van der Waals surface area contributed by atoms with Gasteiger partial charge >= 0.3 is 0 Å². The Bertz CT molecular complexity index is 2240. The molecule has 3 aromatic heterocycles. The fraction of sp³-hybridized carbons (Fsp3) is 0.341. The van der Waals surface area contributed by atoms with Crippen LogP contribution < -0.4 is 14.8 Å². The molecular formula is C41H42FN5O9. The van der Waals surface area contributed by atoms with Gasteiger partial charge in [0.2, 0.25) is 11.8 Å². The zero-order chi connectivity index (χ0) is 39.0. The summed E-state index contributed by atoms with van der Waals surface area (Å²) in [5.74, 6) is -0.836. The Morgan fingerprint density at radius 1 is 0.750 bits per heavy atom. The monoisotopic (exact) mass is 767 g/mol. The van der Waals surface area contributed by atoms with Crippen LogP contribution in [0, 0.1) is 5.82 Å². The molecule has 1 N–H and O–H groups in total. The fourth-order valence-electron chi connectivity index (χ4n) is 6.74. The summed E-state index contributed by atoms with van der Waals surface area (Å²) in [5, 5.41) is 4.35. The van der Waals surface area contributed by atoms with Crippen LogP contribution >= 0.6 is 0 Å². The number of hydrogen-bond donors (Lipinski definition) is 1. The largest absolute Gasteiger partial charge is 0.491 e. The Kier molecular flexibility index (Phi) is 12.3. The molecule has 5 aromatic rings. The van der Waals surface area contributed by atoms with E-state index in [0.717, 1.165) is 32.3 Å². The number of hydrogen-bond acceptors (Lipinski definition) is 11. The molecule has 1 atom stereocenters. The number of rotatable bonds is 19. The second kappa shape index (κ2) is 17.8. The van der Waals surface area contributed by atoms with Gasteiger partial charge in [-0.05, 0) is 48.7 Å². The van der Waals surface area contributed by atoms with E-state index < -0.39 is 23.8 Å². The average molecular weight is 768 g/mol. The number of piperidine rings is 1. The summed E-state index contributed by atoms with van der Waals surface area (Å²) in [5.41, 5.74) is 4.36. The molecule has 3 amide bonds. The van der Waals surface area contributed by atoms with Crippen molar-refractivity contribution in [3.05, 3.63) is 96.3 Å². The number of pyridine rings is 2. The third kappa shape index (κ3) is 8.55. The van der Waals surface area contributed by atoms with Crippen LogP contribution in [0.25, 0.3) is 32.9 Å². The molecular weight excluding hydrogens is 725 g/mol. The first-order valence-electron chi connectivity index (χ1n) is 18.4. The predicted molar refractivity (Wildman–Crippen MR) is 203 cm³/mol. The minimum atomic E-state index is -0.860. The Labute approximate surface area is 322 Å². The number of carbonyl (C=O) groups is 3. The number of nitrogens with one attached hydrogen (secondary N) is 1. The van der Waals surface area contributed by atoms with E-state index in [1.54, 1.807) is 24.5 Å². The average Bonchev–Trinajstić information content (AvgIpc) is 3.63.